The predicted octanol–water partition coefficient (Wildman–Crippen LogP) is 1.02. The van der Waals surface area contributed by atoms with Gasteiger partial charge >= 0.3 is 0 Å². The van der Waals surface area contributed by atoms with Gasteiger partial charge in [0.05, 0.1) is 23.0 Å². The minimum atomic E-state index is -0.597. The van der Waals surface area contributed by atoms with Gasteiger partial charge in [-0.2, -0.15) is 0 Å². The molecule has 1 amide bonds. The van der Waals surface area contributed by atoms with Gasteiger partial charge in [-0.3, -0.25) is 9.78 Å². The first kappa shape index (κ1) is 12.4. The van der Waals surface area contributed by atoms with Crippen LogP contribution in [0.4, 0.5) is 5.82 Å². The summed E-state index contributed by atoms with van der Waals surface area (Å²) in [5.74, 6) is 0.328. The van der Waals surface area contributed by atoms with Crippen LogP contribution in [0.25, 0.3) is 0 Å². The highest BCUT2D eigenvalue weighted by atomic mass is 16.1. The molecule has 5 nitrogen and oxygen atoms in total. The summed E-state index contributed by atoms with van der Waals surface area (Å²) < 4.78 is 0. The summed E-state index contributed by atoms with van der Waals surface area (Å²) in [5.41, 5.74) is 6.46. The van der Waals surface area contributed by atoms with Crippen molar-refractivity contribution in [2.45, 2.75) is 27.7 Å². The molecule has 0 fully saturated rings. The molecule has 0 aliphatic heterocycles. The van der Waals surface area contributed by atoms with E-state index in [1.807, 2.05) is 13.8 Å². The second-order valence-electron chi connectivity index (χ2n) is 4.53. The fourth-order valence-electron chi connectivity index (χ4n) is 1.03. The Morgan fingerprint density at radius 3 is 2.56 bits per heavy atom. The molecule has 1 aromatic heterocycles. The Kier molecular flexibility index (Phi) is 3.47. The molecule has 0 spiro atoms. The van der Waals surface area contributed by atoms with Crippen molar-refractivity contribution in [1.29, 1.82) is 0 Å². The summed E-state index contributed by atoms with van der Waals surface area (Å²) >= 11 is 0. The largest absolute Gasteiger partial charge is 0.369 e. The number of carbonyl (C=O) groups excluding carboxylic acids is 1. The molecule has 16 heavy (non-hydrogen) atoms. The van der Waals surface area contributed by atoms with Crippen molar-refractivity contribution in [3.8, 4) is 0 Å². The van der Waals surface area contributed by atoms with E-state index in [4.69, 9.17) is 5.73 Å². The molecule has 0 saturated carbocycles. The first-order valence-corrected chi connectivity index (χ1v) is 5.17. The van der Waals surface area contributed by atoms with Gasteiger partial charge in [0.15, 0.2) is 0 Å². The third-order valence-corrected chi connectivity index (χ3v) is 2.57. The van der Waals surface area contributed by atoms with Gasteiger partial charge in [0.25, 0.3) is 0 Å². The molecule has 1 rings (SSSR count). The number of amides is 1. The Hall–Kier alpha value is -1.65. The predicted molar refractivity (Wildman–Crippen MR) is 63.0 cm³/mol. The van der Waals surface area contributed by atoms with Crippen LogP contribution in [0.2, 0.25) is 0 Å². The average molecular weight is 222 g/mol. The summed E-state index contributed by atoms with van der Waals surface area (Å²) in [4.78, 5) is 19.6. The quantitative estimate of drug-likeness (QED) is 0.796. The fraction of sp³-hybridized carbons (Fsp3) is 0.545. The highest BCUT2D eigenvalue weighted by Crippen LogP contribution is 2.15. The maximum absolute atomic E-state index is 11.1. The van der Waals surface area contributed by atoms with E-state index in [0.29, 0.717) is 12.4 Å². The molecule has 5 heteroatoms. The summed E-state index contributed by atoms with van der Waals surface area (Å²) in [7, 11) is 0. The van der Waals surface area contributed by atoms with E-state index >= 15 is 0 Å². The van der Waals surface area contributed by atoms with E-state index in [1.54, 1.807) is 20.0 Å². The van der Waals surface area contributed by atoms with Gasteiger partial charge in [-0.1, -0.05) is 0 Å². The lowest BCUT2D eigenvalue weighted by atomic mass is 9.93. The summed E-state index contributed by atoms with van der Waals surface area (Å²) in [6, 6.07) is 0. The van der Waals surface area contributed by atoms with Crippen LogP contribution in [-0.4, -0.2) is 22.4 Å². The molecule has 0 unspecified atom stereocenters. The second-order valence-corrected chi connectivity index (χ2v) is 4.53. The molecule has 0 atom stereocenters. The smallest absolute Gasteiger partial charge is 0.224 e. The van der Waals surface area contributed by atoms with Crippen LogP contribution in [0.1, 0.15) is 25.2 Å². The van der Waals surface area contributed by atoms with Crippen molar-refractivity contribution in [2.24, 2.45) is 11.1 Å². The van der Waals surface area contributed by atoms with Crippen molar-refractivity contribution in [2.75, 3.05) is 11.9 Å². The molecular formula is C11H18N4O. The van der Waals surface area contributed by atoms with Crippen LogP contribution in [0.5, 0.6) is 0 Å². The number of hydrogen-bond donors (Lipinski definition) is 2. The number of nitrogens with one attached hydrogen (secondary N) is 1. The number of aryl methyl sites for hydroxylation is 2. The Balaban J connectivity index is 2.68. The van der Waals surface area contributed by atoms with Gasteiger partial charge in [-0.25, -0.2) is 4.98 Å². The lowest BCUT2D eigenvalue weighted by Gasteiger charge is -2.21. The number of rotatable bonds is 4. The van der Waals surface area contributed by atoms with E-state index < -0.39 is 5.41 Å². The number of hydrogen-bond acceptors (Lipinski definition) is 4. The van der Waals surface area contributed by atoms with Crippen molar-refractivity contribution in [3.63, 3.8) is 0 Å². The molecule has 0 radical (unpaired) electrons. The Labute approximate surface area is 95.5 Å². The van der Waals surface area contributed by atoms with Gasteiger partial charge in [0.2, 0.25) is 5.91 Å². The maximum Gasteiger partial charge on any atom is 0.224 e. The lowest BCUT2D eigenvalue weighted by molar-refractivity contribution is -0.125. The monoisotopic (exact) mass is 222 g/mol. The van der Waals surface area contributed by atoms with Gasteiger partial charge in [0, 0.05) is 6.54 Å². The molecule has 1 aromatic rings. The number of anilines is 1. The number of nitrogens with zero attached hydrogens (tertiary/aromatic N) is 2. The fourth-order valence-corrected chi connectivity index (χ4v) is 1.03. The molecule has 0 aliphatic carbocycles. The van der Waals surface area contributed by atoms with Gasteiger partial charge in [-0.05, 0) is 27.7 Å². The lowest BCUT2D eigenvalue weighted by Crippen LogP contribution is -2.37. The normalized spacial score (nSPS) is 11.2. The molecule has 0 bridgehead atoms. The molecule has 1 heterocycles. The second kappa shape index (κ2) is 4.47. The van der Waals surface area contributed by atoms with E-state index in [-0.39, 0.29) is 5.91 Å². The van der Waals surface area contributed by atoms with Crippen LogP contribution < -0.4 is 11.1 Å². The van der Waals surface area contributed by atoms with Crippen LogP contribution in [0, 0.1) is 19.3 Å². The van der Waals surface area contributed by atoms with Crippen molar-refractivity contribution < 1.29 is 4.79 Å². The first-order chi connectivity index (χ1) is 7.33. The van der Waals surface area contributed by atoms with E-state index in [2.05, 4.69) is 15.3 Å². The highest BCUT2D eigenvalue weighted by molar-refractivity contribution is 5.80. The number of primary amides is 1. The Morgan fingerprint density at radius 1 is 1.44 bits per heavy atom. The number of aromatic nitrogens is 2. The Morgan fingerprint density at radius 2 is 2.06 bits per heavy atom. The third-order valence-electron chi connectivity index (χ3n) is 2.57. The number of nitrogens with two attached hydrogens (primary N) is 1. The zero-order chi connectivity index (χ0) is 12.3. The molecule has 3 N–H and O–H groups in total. The first-order valence-electron chi connectivity index (χ1n) is 5.17. The van der Waals surface area contributed by atoms with Crippen LogP contribution in [-0.2, 0) is 4.79 Å². The summed E-state index contributed by atoms with van der Waals surface area (Å²) in [6.45, 7) is 7.82. The topological polar surface area (TPSA) is 80.9 Å². The summed E-state index contributed by atoms with van der Waals surface area (Å²) in [6.07, 6.45) is 1.65. The van der Waals surface area contributed by atoms with Crippen LogP contribution >= 0.6 is 0 Å². The number of carbonyl (C=O) groups is 1. The van der Waals surface area contributed by atoms with E-state index in [9.17, 15) is 4.79 Å². The summed E-state index contributed by atoms with van der Waals surface area (Å²) in [5, 5.41) is 3.06. The minimum Gasteiger partial charge on any atom is -0.369 e. The van der Waals surface area contributed by atoms with Gasteiger partial charge < -0.3 is 11.1 Å². The Bertz CT molecular complexity index is 401. The van der Waals surface area contributed by atoms with E-state index in [0.717, 1.165) is 11.4 Å². The van der Waals surface area contributed by atoms with Crippen molar-refractivity contribution in [1.82, 2.24) is 9.97 Å². The molecular weight excluding hydrogens is 204 g/mol. The van der Waals surface area contributed by atoms with Crippen molar-refractivity contribution >= 4 is 11.7 Å². The average Bonchev–Trinajstić information content (AvgIpc) is 2.20. The standard InChI is InChI=1S/C11H18N4O/c1-7-8(2)15-9(5-13-7)14-6-11(3,4)10(12)16/h5H,6H2,1-4H3,(H2,12,16)(H,14,15). The minimum absolute atomic E-state index is 0.336. The van der Waals surface area contributed by atoms with Gasteiger partial charge in [0.1, 0.15) is 5.82 Å². The molecule has 0 aliphatic rings. The SMILES string of the molecule is Cc1ncc(NCC(C)(C)C(N)=O)nc1C. The molecule has 88 valence electrons. The van der Waals surface area contributed by atoms with Gasteiger partial charge in [-0.15, -0.1) is 0 Å². The van der Waals surface area contributed by atoms with Crippen LogP contribution in [0.15, 0.2) is 6.20 Å². The third kappa shape index (κ3) is 2.92. The van der Waals surface area contributed by atoms with Crippen molar-refractivity contribution in [3.05, 3.63) is 17.6 Å². The molecule has 0 saturated heterocycles. The maximum atomic E-state index is 11.1. The zero-order valence-electron chi connectivity index (χ0n) is 10.2. The molecule has 0 aromatic carbocycles. The van der Waals surface area contributed by atoms with Crippen LogP contribution in [0.3, 0.4) is 0 Å². The highest BCUT2D eigenvalue weighted by Gasteiger charge is 2.24. The van der Waals surface area contributed by atoms with E-state index in [1.165, 1.54) is 0 Å². The zero-order valence-corrected chi connectivity index (χ0v) is 10.2.